The van der Waals surface area contributed by atoms with E-state index >= 15 is 0 Å². The van der Waals surface area contributed by atoms with Gasteiger partial charge in [0.1, 0.15) is 5.82 Å². The van der Waals surface area contributed by atoms with Gasteiger partial charge in [-0.05, 0) is 31.5 Å². The molecule has 18 heavy (non-hydrogen) atoms. The first kappa shape index (κ1) is 11.0. The molecule has 3 rings (SSSR count). The van der Waals surface area contributed by atoms with Crippen LogP contribution in [0.5, 0.6) is 0 Å². The summed E-state index contributed by atoms with van der Waals surface area (Å²) >= 11 is 0. The Kier molecular flexibility index (Phi) is 2.63. The van der Waals surface area contributed by atoms with Crippen molar-refractivity contribution in [2.24, 2.45) is 0 Å². The first-order valence-corrected chi connectivity index (χ1v) is 6.26. The van der Waals surface area contributed by atoms with E-state index in [0.717, 1.165) is 11.3 Å². The third kappa shape index (κ3) is 1.70. The maximum Gasteiger partial charge on any atom is 0.107 e. The van der Waals surface area contributed by atoms with Gasteiger partial charge in [0.05, 0.1) is 17.1 Å². The van der Waals surface area contributed by atoms with Crippen LogP contribution in [0.3, 0.4) is 0 Å². The van der Waals surface area contributed by atoms with Crippen molar-refractivity contribution in [3.63, 3.8) is 0 Å². The topological polar surface area (TPSA) is 17.8 Å². The molecule has 0 bridgehead atoms. The number of hydrogen-bond acceptors (Lipinski definition) is 1. The number of nitrogens with zero attached hydrogens (tertiary/aromatic N) is 2. The molecule has 0 saturated carbocycles. The lowest BCUT2D eigenvalue weighted by Crippen LogP contribution is -2.08. The lowest BCUT2D eigenvalue weighted by molar-refractivity contribution is 0.637. The molecule has 0 saturated heterocycles. The first-order valence-electron chi connectivity index (χ1n) is 6.26. The molecule has 0 fully saturated rings. The van der Waals surface area contributed by atoms with Gasteiger partial charge in [-0.25, -0.2) is 4.98 Å². The van der Waals surface area contributed by atoms with Crippen molar-refractivity contribution in [1.82, 2.24) is 9.55 Å². The SMILES string of the molecule is Cc1nc2ccccc2n1[C@@H](C)c1ccccc1. The summed E-state index contributed by atoms with van der Waals surface area (Å²) in [5, 5.41) is 0. The molecule has 0 aliphatic rings. The molecule has 2 nitrogen and oxygen atoms in total. The molecule has 2 heteroatoms. The molecule has 0 aliphatic heterocycles. The van der Waals surface area contributed by atoms with Gasteiger partial charge in [0, 0.05) is 0 Å². The molecular weight excluding hydrogens is 220 g/mol. The quantitative estimate of drug-likeness (QED) is 0.658. The van der Waals surface area contributed by atoms with Crippen molar-refractivity contribution in [2.45, 2.75) is 19.9 Å². The molecule has 0 N–H and O–H groups in total. The molecule has 3 aromatic rings. The fourth-order valence-electron chi connectivity index (χ4n) is 2.53. The van der Waals surface area contributed by atoms with Crippen LogP contribution in [0.4, 0.5) is 0 Å². The van der Waals surface area contributed by atoms with E-state index in [0.29, 0.717) is 6.04 Å². The summed E-state index contributed by atoms with van der Waals surface area (Å²) in [4.78, 5) is 4.62. The van der Waals surface area contributed by atoms with E-state index in [1.54, 1.807) is 0 Å². The van der Waals surface area contributed by atoms with Gasteiger partial charge in [-0.1, -0.05) is 42.5 Å². The number of imidazole rings is 1. The van der Waals surface area contributed by atoms with Crippen LogP contribution in [0, 0.1) is 6.92 Å². The van der Waals surface area contributed by atoms with E-state index in [9.17, 15) is 0 Å². The summed E-state index contributed by atoms with van der Waals surface area (Å²) in [5.74, 6) is 1.06. The monoisotopic (exact) mass is 236 g/mol. The summed E-state index contributed by atoms with van der Waals surface area (Å²) in [7, 11) is 0. The largest absolute Gasteiger partial charge is 0.321 e. The molecule has 1 aromatic heterocycles. The van der Waals surface area contributed by atoms with Crippen molar-refractivity contribution in [1.29, 1.82) is 0 Å². The van der Waals surface area contributed by atoms with Crippen LogP contribution in [0.15, 0.2) is 54.6 Å². The Labute approximate surface area is 107 Å². The number of rotatable bonds is 2. The van der Waals surface area contributed by atoms with Gasteiger partial charge in [-0.3, -0.25) is 0 Å². The number of benzene rings is 2. The second-order valence-electron chi connectivity index (χ2n) is 4.60. The summed E-state index contributed by atoms with van der Waals surface area (Å²) < 4.78 is 2.30. The number of aromatic nitrogens is 2. The second kappa shape index (κ2) is 4.30. The van der Waals surface area contributed by atoms with Crippen molar-refractivity contribution >= 4 is 11.0 Å². The van der Waals surface area contributed by atoms with Gasteiger partial charge < -0.3 is 4.57 Å². The van der Waals surface area contributed by atoms with E-state index in [1.807, 2.05) is 6.07 Å². The summed E-state index contributed by atoms with van der Waals surface area (Å²) in [6.45, 7) is 4.29. The molecule has 0 radical (unpaired) electrons. The highest BCUT2D eigenvalue weighted by atomic mass is 15.1. The molecule has 1 atom stereocenters. The highest BCUT2D eigenvalue weighted by molar-refractivity contribution is 5.76. The minimum Gasteiger partial charge on any atom is -0.321 e. The Morgan fingerprint density at radius 1 is 0.944 bits per heavy atom. The van der Waals surface area contributed by atoms with Crippen LogP contribution in [0.1, 0.15) is 24.4 Å². The number of aryl methyl sites for hydroxylation is 1. The summed E-state index contributed by atoms with van der Waals surface area (Å²) in [5.41, 5.74) is 3.58. The number of fused-ring (bicyclic) bond motifs is 1. The Hall–Kier alpha value is -2.09. The molecular formula is C16H16N2. The zero-order valence-corrected chi connectivity index (χ0v) is 10.7. The van der Waals surface area contributed by atoms with Crippen LogP contribution in [0.2, 0.25) is 0 Å². The van der Waals surface area contributed by atoms with Gasteiger partial charge in [-0.15, -0.1) is 0 Å². The van der Waals surface area contributed by atoms with E-state index in [-0.39, 0.29) is 0 Å². The lowest BCUT2D eigenvalue weighted by Gasteiger charge is -2.16. The van der Waals surface area contributed by atoms with Gasteiger partial charge in [0.15, 0.2) is 0 Å². The molecule has 0 unspecified atom stereocenters. The van der Waals surface area contributed by atoms with Crippen molar-refractivity contribution in [3.8, 4) is 0 Å². The number of hydrogen-bond donors (Lipinski definition) is 0. The van der Waals surface area contributed by atoms with E-state index in [1.165, 1.54) is 11.1 Å². The highest BCUT2D eigenvalue weighted by Crippen LogP contribution is 2.25. The van der Waals surface area contributed by atoms with Gasteiger partial charge in [0.2, 0.25) is 0 Å². The predicted octanol–water partition coefficient (Wildman–Crippen LogP) is 3.95. The molecule has 0 spiro atoms. The molecule has 1 heterocycles. The third-order valence-electron chi connectivity index (χ3n) is 3.44. The van der Waals surface area contributed by atoms with E-state index < -0.39 is 0 Å². The predicted molar refractivity (Wildman–Crippen MR) is 74.7 cm³/mol. The smallest absolute Gasteiger partial charge is 0.107 e. The maximum absolute atomic E-state index is 4.62. The van der Waals surface area contributed by atoms with Crippen LogP contribution < -0.4 is 0 Å². The lowest BCUT2D eigenvalue weighted by atomic mass is 10.1. The Morgan fingerprint density at radius 3 is 2.39 bits per heavy atom. The average Bonchev–Trinajstić information content (AvgIpc) is 2.75. The zero-order chi connectivity index (χ0) is 12.5. The van der Waals surface area contributed by atoms with Crippen molar-refractivity contribution < 1.29 is 0 Å². The third-order valence-corrected chi connectivity index (χ3v) is 3.44. The summed E-state index contributed by atoms with van der Waals surface area (Å²) in [6, 6.07) is 19.2. The molecule has 90 valence electrons. The number of para-hydroxylation sites is 2. The van der Waals surface area contributed by atoms with Crippen LogP contribution in [-0.4, -0.2) is 9.55 Å². The fraction of sp³-hybridized carbons (Fsp3) is 0.188. The maximum atomic E-state index is 4.62. The standard InChI is InChI=1S/C16H16N2/c1-12(14-8-4-3-5-9-14)18-13(2)17-15-10-6-7-11-16(15)18/h3-12H,1-2H3/t12-/m0/s1. The minimum atomic E-state index is 0.304. The average molecular weight is 236 g/mol. The van der Waals surface area contributed by atoms with Gasteiger partial charge >= 0.3 is 0 Å². The highest BCUT2D eigenvalue weighted by Gasteiger charge is 2.13. The second-order valence-corrected chi connectivity index (χ2v) is 4.60. The van der Waals surface area contributed by atoms with E-state index in [2.05, 4.69) is 71.9 Å². The van der Waals surface area contributed by atoms with Crippen molar-refractivity contribution in [2.75, 3.05) is 0 Å². The minimum absolute atomic E-state index is 0.304. The van der Waals surface area contributed by atoms with E-state index in [4.69, 9.17) is 0 Å². The van der Waals surface area contributed by atoms with Crippen LogP contribution >= 0.6 is 0 Å². The fourth-order valence-corrected chi connectivity index (χ4v) is 2.53. The molecule has 0 amide bonds. The van der Waals surface area contributed by atoms with Crippen molar-refractivity contribution in [3.05, 3.63) is 66.0 Å². The van der Waals surface area contributed by atoms with Crippen LogP contribution in [-0.2, 0) is 0 Å². The molecule has 2 aromatic carbocycles. The Bertz CT molecular complexity index is 668. The normalized spacial score (nSPS) is 12.8. The molecule has 0 aliphatic carbocycles. The van der Waals surface area contributed by atoms with Gasteiger partial charge in [-0.2, -0.15) is 0 Å². The van der Waals surface area contributed by atoms with Crippen LogP contribution in [0.25, 0.3) is 11.0 Å². The first-order chi connectivity index (χ1) is 8.77. The summed E-state index contributed by atoms with van der Waals surface area (Å²) in [6.07, 6.45) is 0. The zero-order valence-electron chi connectivity index (χ0n) is 10.7. The Morgan fingerprint density at radius 2 is 1.61 bits per heavy atom. The van der Waals surface area contributed by atoms with Gasteiger partial charge in [0.25, 0.3) is 0 Å². The Balaban J connectivity index is 2.17.